The van der Waals surface area contributed by atoms with Crippen LogP contribution in [0.2, 0.25) is 0 Å². The summed E-state index contributed by atoms with van der Waals surface area (Å²) in [7, 11) is 0. The number of carbonyl (C=O) groups is 1. The lowest BCUT2D eigenvalue weighted by atomic mass is 9.89. The van der Waals surface area contributed by atoms with Crippen molar-refractivity contribution in [1.82, 2.24) is 5.32 Å². The van der Waals surface area contributed by atoms with Crippen molar-refractivity contribution >= 4 is 17.7 Å². The maximum Gasteiger partial charge on any atom is 0.233 e. The molecule has 0 saturated carbocycles. The van der Waals surface area contributed by atoms with Crippen LogP contribution in [0.4, 0.5) is 0 Å². The van der Waals surface area contributed by atoms with E-state index in [4.69, 9.17) is 0 Å². The predicted octanol–water partition coefficient (Wildman–Crippen LogP) is 5.45. The lowest BCUT2D eigenvalue weighted by Gasteiger charge is -2.23. The molecule has 3 heteroatoms. The molecule has 0 bridgehead atoms. The number of fused-ring (bicyclic) bond motifs is 1. The van der Waals surface area contributed by atoms with Crippen LogP contribution in [0.1, 0.15) is 61.4 Å². The Balaban J connectivity index is 1.59. The summed E-state index contributed by atoms with van der Waals surface area (Å²) < 4.78 is 0. The molecule has 0 heterocycles. The van der Waals surface area contributed by atoms with Crippen LogP contribution in [0.15, 0.2) is 48.5 Å². The number of thioether (sulfide) groups is 1. The van der Waals surface area contributed by atoms with E-state index in [1.807, 2.05) is 25.1 Å². The molecule has 0 aliphatic heterocycles. The second-order valence-corrected chi connectivity index (χ2v) is 8.47. The van der Waals surface area contributed by atoms with E-state index in [2.05, 4.69) is 42.6 Å². The number of hydrogen-bond donors (Lipinski definition) is 1. The molecule has 26 heavy (non-hydrogen) atoms. The third-order valence-electron chi connectivity index (χ3n) is 5.21. The Kier molecular flexibility index (Phi) is 6.79. The quantitative estimate of drug-likeness (QED) is 0.704. The Morgan fingerprint density at radius 1 is 1.08 bits per heavy atom. The molecule has 1 aliphatic carbocycles. The lowest BCUT2D eigenvalue weighted by molar-refractivity contribution is -0.121. The molecular weight excluding hydrogens is 338 g/mol. The molecule has 1 aliphatic rings. The van der Waals surface area contributed by atoms with E-state index in [-0.39, 0.29) is 17.2 Å². The van der Waals surface area contributed by atoms with Crippen LogP contribution >= 0.6 is 11.8 Å². The van der Waals surface area contributed by atoms with Crippen molar-refractivity contribution < 1.29 is 4.79 Å². The van der Waals surface area contributed by atoms with Gasteiger partial charge in [-0.3, -0.25) is 4.79 Å². The normalized spacial score (nSPS) is 15.8. The Hall–Kier alpha value is -1.74. The number of hydrogen-bond acceptors (Lipinski definition) is 2. The summed E-state index contributed by atoms with van der Waals surface area (Å²) in [4.78, 5) is 12.7. The summed E-state index contributed by atoms with van der Waals surface area (Å²) in [6.45, 7) is 4.15. The summed E-state index contributed by atoms with van der Waals surface area (Å²) in [6, 6.07) is 17.2. The third-order valence-corrected chi connectivity index (χ3v) is 6.43. The van der Waals surface area contributed by atoms with Crippen molar-refractivity contribution in [1.29, 1.82) is 0 Å². The highest BCUT2D eigenvalue weighted by atomic mass is 32.2. The Labute approximate surface area is 161 Å². The van der Waals surface area contributed by atoms with E-state index in [1.165, 1.54) is 47.9 Å². The lowest BCUT2D eigenvalue weighted by Crippen LogP contribution is -2.34. The zero-order chi connectivity index (χ0) is 18.4. The first kappa shape index (κ1) is 19.0. The van der Waals surface area contributed by atoms with Gasteiger partial charge in [0.15, 0.2) is 0 Å². The average molecular weight is 368 g/mol. The second kappa shape index (κ2) is 9.27. The molecule has 2 atom stereocenters. The number of benzene rings is 2. The van der Waals surface area contributed by atoms with Crippen LogP contribution in [-0.2, 0) is 23.4 Å². The average Bonchev–Trinajstić information content (AvgIpc) is 2.70. The van der Waals surface area contributed by atoms with Crippen LogP contribution in [0.3, 0.4) is 0 Å². The maximum absolute atomic E-state index is 12.7. The standard InChI is InChI=1S/C23H29NOS/c1-3-22(21-14-13-19-11-7-8-12-20(19)15-21)24-23(25)17(2)26-16-18-9-5-4-6-10-18/h4-6,9-10,13-15,17,22H,3,7-8,11-12,16H2,1-2H3,(H,24,25)/t17-,22-/m0/s1. The maximum atomic E-state index is 12.7. The Bertz CT molecular complexity index is 728. The number of amides is 1. The molecule has 3 rings (SSSR count). The highest BCUT2D eigenvalue weighted by Crippen LogP contribution is 2.26. The number of aryl methyl sites for hydroxylation is 2. The molecule has 0 unspecified atom stereocenters. The fourth-order valence-electron chi connectivity index (χ4n) is 3.55. The topological polar surface area (TPSA) is 29.1 Å². The molecule has 0 saturated heterocycles. The van der Waals surface area contributed by atoms with Gasteiger partial charge in [-0.15, -0.1) is 11.8 Å². The first-order valence-electron chi connectivity index (χ1n) is 9.75. The van der Waals surface area contributed by atoms with Crippen molar-refractivity contribution in [2.24, 2.45) is 0 Å². The van der Waals surface area contributed by atoms with E-state index in [1.54, 1.807) is 11.8 Å². The molecule has 138 valence electrons. The van der Waals surface area contributed by atoms with Crippen molar-refractivity contribution in [3.8, 4) is 0 Å². The molecule has 0 spiro atoms. The van der Waals surface area contributed by atoms with Crippen LogP contribution in [0.5, 0.6) is 0 Å². The van der Waals surface area contributed by atoms with Crippen LogP contribution in [-0.4, -0.2) is 11.2 Å². The second-order valence-electron chi connectivity index (χ2n) is 7.14. The zero-order valence-electron chi connectivity index (χ0n) is 15.8. The van der Waals surface area contributed by atoms with Gasteiger partial charge in [-0.05, 0) is 61.3 Å². The van der Waals surface area contributed by atoms with E-state index in [0.717, 1.165) is 12.2 Å². The zero-order valence-corrected chi connectivity index (χ0v) is 16.6. The highest BCUT2D eigenvalue weighted by molar-refractivity contribution is 7.99. The molecule has 0 fully saturated rings. The van der Waals surface area contributed by atoms with Gasteiger partial charge in [0, 0.05) is 5.75 Å². The SMILES string of the molecule is CC[C@H](NC(=O)[C@H](C)SCc1ccccc1)c1ccc2c(c1)CCCC2. The Morgan fingerprint density at radius 2 is 1.81 bits per heavy atom. The van der Waals surface area contributed by atoms with Crippen molar-refractivity contribution in [2.75, 3.05) is 0 Å². The first-order valence-corrected chi connectivity index (χ1v) is 10.8. The molecule has 0 aromatic heterocycles. The van der Waals surface area contributed by atoms with Crippen molar-refractivity contribution in [2.45, 2.75) is 63.0 Å². The molecule has 1 N–H and O–H groups in total. The summed E-state index contributed by atoms with van der Waals surface area (Å²) in [5, 5.41) is 3.21. The number of carbonyl (C=O) groups excluding carboxylic acids is 1. The number of rotatable bonds is 7. The molecule has 2 aromatic carbocycles. The molecular formula is C23H29NOS. The van der Waals surface area contributed by atoms with E-state index in [9.17, 15) is 4.79 Å². The highest BCUT2D eigenvalue weighted by Gasteiger charge is 2.19. The molecule has 2 nitrogen and oxygen atoms in total. The monoisotopic (exact) mass is 367 g/mol. The Morgan fingerprint density at radius 3 is 2.54 bits per heavy atom. The van der Waals surface area contributed by atoms with Gasteiger partial charge in [0.2, 0.25) is 5.91 Å². The smallest absolute Gasteiger partial charge is 0.233 e. The third kappa shape index (κ3) is 4.91. The molecule has 2 aromatic rings. The van der Waals surface area contributed by atoms with Gasteiger partial charge in [0.25, 0.3) is 0 Å². The minimum absolute atomic E-state index is 0.0538. The first-order chi connectivity index (χ1) is 12.7. The predicted molar refractivity (Wildman–Crippen MR) is 111 cm³/mol. The van der Waals surface area contributed by atoms with Gasteiger partial charge in [-0.1, -0.05) is 55.5 Å². The van der Waals surface area contributed by atoms with Gasteiger partial charge in [0.1, 0.15) is 0 Å². The van der Waals surface area contributed by atoms with Crippen LogP contribution in [0, 0.1) is 0 Å². The van der Waals surface area contributed by atoms with Gasteiger partial charge in [-0.2, -0.15) is 0 Å². The summed E-state index contributed by atoms with van der Waals surface area (Å²) >= 11 is 1.70. The molecule has 0 radical (unpaired) electrons. The van der Waals surface area contributed by atoms with Gasteiger partial charge >= 0.3 is 0 Å². The van der Waals surface area contributed by atoms with Crippen LogP contribution < -0.4 is 5.32 Å². The van der Waals surface area contributed by atoms with Gasteiger partial charge in [0.05, 0.1) is 11.3 Å². The molecule has 1 amide bonds. The van der Waals surface area contributed by atoms with E-state index in [0.29, 0.717) is 0 Å². The minimum Gasteiger partial charge on any atom is -0.348 e. The fourth-order valence-corrected chi connectivity index (χ4v) is 4.41. The van der Waals surface area contributed by atoms with Crippen molar-refractivity contribution in [3.63, 3.8) is 0 Å². The minimum atomic E-state index is -0.0538. The summed E-state index contributed by atoms with van der Waals surface area (Å²) in [5.74, 6) is 1.00. The van der Waals surface area contributed by atoms with Crippen LogP contribution in [0.25, 0.3) is 0 Å². The van der Waals surface area contributed by atoms with Crippen molar-refractivity contribution in [3.05, 3.63) is 70.8 Å². The van der Waals surface area contributed by atoms with E-state index < -0.39 is 0 Å². The number of nitrogens with one attached hydrogen (secondary N) is 1. The summed E-state index contributed by atoms with van der Waals surface area (Å²) in [6.07, 6.45) is 5.88. The largest absolute Gasteiger partial charge is 0.348 e. The summed E-state index contributed by atoms with van der Waals surface area (Å²) in [5.41, 5.74) is 5.49. The van der Waals surface area contributed by atoms with Gasteiger partial charge < -0.3 is 5.32 Å². The fraction of sp³-hybridized carbons (Fsp3) is 0.435. The van der Waals surface area contributed by atoms with E-state index >= 15 is 0 Å². The van der Waals surface area contributed by atoms with Gasteiger partial charge in [-0.25, -0.2) is 0 Å².